The molecule has 4 heteroatoms. The molecule has 0 unspecified atom stereocenters. The van der Waals surface area contributed by atoms with E-state index in [1.54, 1.807) is 6.20 Å². The van der Waals surface area contributed by atoms with Gasteiger partial charge in [-0.15, -0.1) is 0 Å². The van der Waals surface area contributed by atoms with Crippen molar-refractivity contribution in [3.63, 3.8) is 0 Å². The number of amides is 1. The third-order valence-electron chi connectivity index (χ3n) is 4.89. The summed E-state index contributed by atoms with van der Waals surface area (Å²) in [6.07, 6.45) is 5.10. The molecular weight excluding hydrogens is 310 g/mol. The lowest BCUT2D eigenvalue weighted by Crippen LogP contribution is -2.32. The highest BCUT2D eigenvalue weighted by Crippen LogP contribution is 2.18. The molecule has 132 valence electrons. The first kappa shape index (κ1) is 17.6. The summed E-state index contributed by atoms with van der Waals surface area (Å²) in [4.78, 5) is 19.0. The molecule has 0 bridgehead atoms. The number of carbonyl (C=O) groups excluding carboxylic acids is 1. The van der Waals surface area contributed by atoms with Gasteiger partial charge in [0.25, 0.3) is 5.91 Å². The first-order valence-electron chi connectivity index (χ1n) is 9.20. The second-order valence-electron chi connectivity index (χ2n) is 6.98. The minimum atomic E-state index is -0.0192. The van der Waals surface area contributed by atoms with Crippen LogP contribution in [-0.4, -0.2) is 35.4 Å². The standard InChI is InChI=1S/C21H27N3O/c1-17-10-14-24(15-11-17)16-18-5-7-19(8-6-18)21(25)23-13-9-20-4-2-3-12-22-20/h2-8,12,17H,9-11,13-16H2,1H3,(H,23,25). The third kappa shape index (κ3) is 5.40. The Morgan fingerprint density at radius 3 is 2.60 bits per heavy atom. The van der Waals surface area contributed by atoms with Crippen molar-refractivity contribution >= 4 is 5.91 Å². The molecule has 1 fully saturated rings. The molecule has 1 N–H and O–H groups in total. The van der Waals surface area contributed by atoms with E-state index in [-0.39, 0.29) is 5.91 Å². The van der Waals surface area contributed by atoms with Crippen molar-refractivity contribution in [1.29, 1.82) is 0 Å². The van der Waals surface area contributed by atoms with Gasteiger partial charge in [0.2, 0.25) is 0 Å². The Bertz CT molecular complexity index is 661. The van der Waals surface area contributed by atoms with E-state index in [1.807, 2.05) is 30.3 Å². The maximum atomic E-state index is 12.2. The average Bonchev–Trinajstić information content (AvgIpc) is 2.65. The summed E-state index contributed by atoms with van der Waals surface area (Å²) in [5.74, 6) is 0.836. The predicted molar refractivity (Wildman–Crippen MR) is 100 cm³/mol. The van der Waals surface area contributed by atoms with Gasteiger partial charge in [0.15, 0.2) is 0 Å². The predicted octanol–water partition coefficient (Wildman–Crippen LogP) is 3.29. The highest BCUT2D eigenvalue weighted by atomic mass is 16.1. The van der Waals surface area contributed by atoms with E-state index in [0.717, 1.165) is 30.1 Å². The number of aromatic nitrogens is 1. The zero-order valence-electron chi connectivity index (χ0n) is 14.9. The summed E-state index contributed by atoms with van der Waals surface area (Å²) in [6.45, 7) is 6.27. The fourth-order valence-electron chi connectivity index (χ4n) is 3.19. The minimum Gasteiger partial charge on any atom is -0.352 e. The maximum absolute atomic E-state index is 12.2. The van der Waals surface area contributed by atoms with Gasteiger partial charge in [0.1, 0.15) is 0 Å². The van der Waals surface area contributed by atoms with Crippen molar-refractivity contribution in [1.82, 2.24) is 15.2 Å². The molecule has 1 aliphatic heterocycles. The lowest BCUT2D eigenvalue weighted by Gasteiger charge is -2.30. The number of benzene rings is 1. The van der Waals surface area contributed by atoms with E-state index >= 15 is 0 Å². The molecule has 2 aromatic rings. The smallest absolute Gasteiger partial charge is 0.251 e. The number of rotatable bonds is 6. The monoisotopic (exact) mass is 337 g/mol. The zero-order valence-corrected chi connectivity index (χ0v) is 14.9. The summed E-state index contributed by atoms with van der Waals surface area (Å²) >= 11 is 0. The SMILES string of the molecule is CC1CCN(Cc2ccc(C(=O)NCCc3ccccn3)cc2)CC1. The van der Waals surface area contributed by atoms with Crippen molar-refractivity contribution in [3.8, 4) is 0 Å². The van der Waals surface area contributed by atoms with Gasteiger partial charge in [-0.25, -0.2) is 0 Å². The molecule has 0 radical (unpaired) electrons. The third-order valence-corrected chi connectivity index (χ3v) is 4.89. The lowest BCUT2D eigenvalue weighted by molar-refractivity contribution is 0.0954. The molecule has 1 aromatic carbocycles. The van der Waals surface area contributed by atoms with Crippen LogP contribution in [0.15, 0.2) is 48.7 Å². The number of nitrogens with one attached hydrogen (secondary N) is 1. The summed E-state index contributed by atoms with van der Waals surface area (Å²) in [7, 11) is 0. The molecule has 1 aliphatic rings. The highest BCUT2D eigenvalue weighted by molar-refractivity contribution is 5.94. The fraction of sp³-hybridized carbons (Fsp3) is 0.429. The Labute approximate surface area is 150 Å². The molecule has 1 aromatic heterocycles. The Morgan fingerprint density at radius 2 is 1.92 bits per heavy atom. The molecule has 2 heterocycles. The number of piperidine rings is 1. The van der Waals surface area contributed by atoms with E-state index in [9.17, 15) is 4.79 Å². The Kier molecular flexibility index (Phi) is 6.18. The lowest BCUT2D eigenvalue weighted by atomic mass is 9.99. The number of pyridine rings is 1. The number of nitrogens with zero attached hydrogens (tertiary/aromatic N) is 2. The molecule has 25 heavy (non-hydrogen) atoms. The quantitative estimate of drug-likeness (QED) is 0.880. The van der Waals surface area contributed by atoms with Crippen LogP contribution in [0.1, 0.15) is 41.4 Å². The van der Waals surface area contributed by atoms with Crippen LogP contribution in [0.3, 0.4) is 0 Å². The first-order valence-corrected chi connectivity index (χ1v) is 9.20. The van der Waals surface area contributed by atoms with E-state index in [1.165, 1.54) is 31.5 Å². The number of likely N-dealkylation sites (tertiary alicyclic amines) is 1. The van der Waals surface area contributed by atoms with Crippen LogP contribution in [0.4, 0.5) is 0 Å². The molecule has 0 spiro atoms. The van der Waals surface area contributed by atoms with Crippen LogP contribution in [0.2, 0.25) is 0 Å². The molecule has 3 rings (SSSR count). The Hall–Kier alpha value is -2.20. The highest BCUT2D eigenvalue weighted by Gasteiger charge is 2.15. The van der Waals surface area contributed by atoms with E-state index in [0.29, 0.717) is 6.54 Å². The van der Waals surface area contributed by atoms with Gasteiger partial charge in [0, 0.05) is 37.0 Å². The van der Waals surface area contributed by atoms with Crippen LogP contribution >= 0.6 is 0 Å². The van der Waals surface area contributed by atoms with Gasteiger partial charge in [-0.3, -0.25) is 14.7 Å². The van der Waals surface area contributed by atoms with Crippen molar-refractivity contribution in [2.75, 3.05) is 19.6 Å². The molecule has 0 aliphatic carbocycles. The van der Waals surface area contributed by atoms with E-state index in [2.05, 4.69) is 34.3 Å². The average molecular weight is 337 g/mol. The molecule has 4 nitrogen and oxygen atoms in total. The van der Waals surface area contributed by atoms with E-state index < -0.39 is 0 Å². The Morgan fingerprint density at radius 1 is 1.16 bits per heavy atom. The summed E-state index contributed by atoms with van der Waals surface area (Å²) in [5.41, 5.74) is 2.99. The molecule has 1 saturated heterocycles. The molecular formula is C21H27N3O. The van der Waals surface area contributed by atoms with Crippen LogP contribution in [-0.2, 0) is 13.0 Å². The number of hydrogen-bond donors (Lipinski definition) is 1. The maximum Gasteiger partial charge on any atom is 0.251 e. The second kappa shape index (κ2) is 8.77. The van der Waals surface area contributed by atoms with Gasteiger partial charge in [-0.2, -0.15) is 0 Å². The van der Waals surface area contributed by atoms with Crippen molar-refractivity contribution in [3.05, 3.63) is 65.5 Å². The summed E-state index contributed by atoms with van der Waals surface area (Å²) in [5, 5.41) is 2.96. The normalized spacial score (nSPS) is 15.9. The van der Waals surface area contributed by atoms with Gasteiger partial charge in [-0.05, 0) is 61.7 Å². The second-order valence-corrected chi connectivity index (χ2v) is 6.98. The minimum absolute atomic E-state index is 0.0192. The van der Waals surface area contributed by atoms with Crippen molar-refractivity contribution < 1.29 is 4.79 Å². The fourth-order valence-corrected chi connectivity index (χ4v) is 3.19. The van der Waals surface area contributed by atoms with Crippen LogP contribution in [0.5, 0.6) is 0 Å². The van der Waals surface area contributed by atoms with Crippen LogP contribution < -0.4 is 5.32 Å². The van der Waals surface area contributed by atoms with Gasteiger partial charge in [0.05, 0.1) is 0 Å². The largest absolute Gasteiger partial charge is 0.352 e. The van der Waals surface area contributed by atoms with Gasteiger partial charge >= 0.3 is 0 Å². The van der Waals surface area contributed by atoms with E-state index in [4.69, 9.17) is 0 Å². The molecule has 1 amide bonds. The Balaban J connectivity index is 1.45. The topological polar surface area (TPSA) is 45.2 Å². The van der Waals surface area contributed by atoms with Gasteiger partial charge in [-0.1, -0.05) is 25.1 Å². The molecule has 0 saturated carbocycles. The van der Waals surface area contributed by atoms with Crippen LogP contribution in [0.25, 0.3) is 0 Å². The first-order chi connectivity index (χ1) is 12.2. The molecule has 0 atom stereocenters. The summed E-state index contributed by atoms with van der Waals surface area (Å²) < 4.78 is 0. The number of hydrogen-bond acceptors (Lipinski definition) is 3. The van der Waals surface area contributed by atoms with Crippen molar-refractivity contribution in [2.24, 2.45) is 5.92 Å². The van der Waals surface area contributed by atoms with Crippen molar-refractivity contribution in [2.45, 2.75) is 32.7 Å². The van der Waals surface area contributed by atoms with Gasteiger partial charge < -0.3 is 5.32 Å². The summed E-state index contributed by atoms with van der Waals surface area (Å²) in [6, 6.07) is 13.8. The number of carbonyl (C=O) groups is 1. The van der Waals surface area contributed by atoms with Crippen LogP contribution in [0, 0.1) is 5.92 Å². The zero-order chi connectivity index (χ0) is 17.5.